The summed E-state index contributed by atoms with van der Waals surface area (Å²) in [4.78, 5) is 27.4. The molecule has 115 heavy (non-hydrogen) atoms. The van der Waals surface area contributed by atoms with Crippen LogP contribution in [-0.2, 0) is 5.41 Å². The smallest absolute Gasteiger partial charge is 0.163 e. The van der Waals surface area contributed by atoms with Gasteiger partial charge in [-0.15, -0.1) is 11.3 Å². The van der Waals surface area contributed by atoms with Gasteiger partial charge in [-0.3, -0.25) is 4.98 Å². The van der Waals surface area contributed by atoms with E-state index in [-0.39, 0.29) is 5.41 Å². The minimum atomic E-state index is 0.150. The van der Waals surface area contributed by atoms with Crippen LogP contribution in [0.5, 0.6) is 0 Å². The highest BCUT2D eigenvalue weighted by molar-refractivity contribution is 7.26. The van der Waals surface area contributed by atoms with Crippen molar-refractivity contribution in [2.45, 2.75) is 74.7 Å². The van der Waals surface area contributed by atoms with Crippen molar-refractivity contribution in [2.75, 3.05) is 0 Å². The van der Waals surface area contributed by atoms with Crippen molar-refractivity contribution in [2.24, 2.45) is 0 Å². The van der Waals surface area contributed by atoms with E-state index in [1.807, 2.05) is 177 Å². The van der Waals surface area contributed by atoms with Crippen LogP contribution in [0.25, 0.3) is 132 Å². The average molecular weight is 1510 g/mol. The Balaban J connectivity index is 0.000000111. The van der Waals surface area contributed by atoms with Crippen LogP contribution in [0.2, 0.25) is 0 Å². The van der Waals surface area contributed by atoms with Gasteiger partial charge in [0.1, 0.15) is 17.0 Å². The van der Waals surface area contributed by atoms with Crippen molar-refractivity contribution >= 4 is 53.4 Å². The third kappa shape index (κ3) is 19.1. The van der Waals surface area contributed by atoms with Gasteiger partial charge in [0.05, 0.1) is 28.5 Å². The summed E-state index contributed by atoms with van der Waals surface area (Å²) in [5.41, 5.74) is 29.7. The molecule has 0 spiro atoms. The van der Waals surface area contributed by atoms with E-state index in [0.717, 1.165) is 84.5 Å². The van der Waals surface area contributed by atoms with E-state index < -0.39 is 0 Å². The third-order valence-corrected chi connectivity index (χ3v) is 21.6. The molecule has 562 valence electrons. The largest absolute Gasteiger partial charge is 0.456 e. The van der Waals surface area contributed by atoms with E-state index in [1.165, 1.54) is 92.1 Å². The number of hydrogen-bond acceptors (Lipinski definition) is 8. The van der Waals surface area contributed by atoms with Gasteiger partial charge in [-0.25, -0.2) is 24.9 Å². The number of para-hydroxylation sites is 2. The van der Waals surface area contributed by atoms with E-state index in [1.54, 1.807) is 0 Å². The number of fused-ring (bicyclic) bond motifs is 9. The maximum absolute atomic E-state index is 5.78. The molecule has 0 saturated heterocycles. The van der Waals surface area contributed by atoms with Gasteiger partial charge in [0, 0.05) is 81.0 Å². The summed E-state index contributed by atoms with van der Waals surface area (Å²) < 4.78 is 8.59. The molecule has 0 bridgehead atoms. The van der Waals surface area contributed by atoms with Crippen molar-refractivity contribution in [3.8, 4) is 90.2 Å². The fourth-order valence-electron chi connectivity index (χ4n) is 14.7. The molecule has 0 saturated carbocycles. The van der Waals surface area contributed by atoms with E-state index in [0.29, 0.717) is 11.6 Å². The second kappa shape index (κ2) is 36.7. The lowest BCUT2D eigenvalue weighted by Crippen LogP contribution is -2.16. The lowest BCUT2D eigenvalue weighted by Gasteiger charge is -2.23. The Bertz CT molecular complexity index is 6080. The quantitative estimate of drug-likeness (QED) is 0.157. The number of pyridine rings is 3. The van der Waals surface area contributed by atoms with E-state index in [2.05, 4.69) is 300 Å². The first-order valence-electron chi connectivity index (χ1n) is 39.1. The van der Waals surface area contributed by atoms with Crippen LogP contribution in [0.3, 0.4) is 0 Å². The minimum Gasteiger partial charge on any atom is -0.456 e. The van der Waals surface area contributed by atoms with Crippen LogP contribution in [0, 0.1) is 55.4 Å². The summed E-state index contributed by atoms with van der Waals surface area (Å²) in [5, 5.41) is 5.19. The van der Waals surface area contributed by atoms with Crippen LogP contribution in [0.1, 0.15) is 69.9 Å². The normalized spacial score (nSPS) is 11.3. The molecule has 0 unspecified atom stereocenters. The molecule has 1 aliphatic rings. The second-order valence-corrected chi connectivity index (χ2v) is 30.4. The summed E-state index contributed by atoms with van der Waals surface area (Å²) in [5.74, 6) is 2.16. The van der Waals surface area contributed by atoms with Crippen LogP contribution in [0.4, 0.5) is 0 Å². The number of aromatic nitrogens is 6. The molecule has 0 radical (unpaired) electrons. The summed E-state index contributed by atoms with van der Waals surface area (Å²) in [6.07, 6.45) is 0. The van der Waals surface area contributed by atoms with Gasteiger partial charge < -0.3 is 4.42 Å². The van der Waals surface area contributed by atoms with Crippen molar-refractivity contribution in [1.29, 1.82) is 0 Å². The maximum Gasteiger partial charge on any atom is 0.163 e. The Labute approximate surface area is 680 Å². The Kier molecular flexibility index (Phi) is 24.9. The van der Waals surface area contributed by atoms with E-state index in [4.69, 9.17) is 14.4 Å². The topological polar surface area (TPSA) is 90.5 Å². The van der Waals surface area contributed by atoms with Crippen molar-refractivity contribution in [3.05, 3.63) is 432 Å². The molecule has 8 heteroatoms. The van der Waals surface area contributed by atoms with Crippen molar-refractivity contribution in [1.82, 2.24) is 29.9 Å². The molecule has 0 atom stereocenters. The zero-order valence-electron chi connectivity index (χ0n) is 66.8. The molecule has 0 amide bonds. The van der Waals surface area contributed by atoms with Gasteiger partial charge in [0.25, 0.3) is 0 Å². The van der Waals surface area contributed by atoms with Gasteiger partial charge >= 0.3 is 0 Å². The molecule has 0 fully saturated rings. The average Bonchev–Trinajstić information content (AvgIpc) is 1.57. The molecule has 6 heterocycles. The standard InChI is InChI=1S/2C18H15N.C16H13N3.C16H16.C13H13N.C13H10O.C13H10S/c1-14-12-17(15-8-4-2-5-9-15)19-18(13-14)16-10-6-3-7-11-16;1-14-7-5-10-16(13-14)18-12-6-11-17(19-18)15-8-3-2-4-9-15;1-12-17-15(13-8-4-2-5-9-13)19-16(18-12)14-10-6-3-7-11-14;1-11-7-6-9-13-12-8-4-5-10-14(12)16(2,3)15(11)13;1-10-5-3-7-12(9-10)13-8-4-6-11(2)14-13;2*1-9-5-4-7-11-10-6-2-3-8-12(10)14-13(9)11/h2*2-13H,1H3;2-11H,1H3;4-10H,1-3H3;3-9H,1-2H3;2*2-8H,1H3. The predicted molar refractivity (Wildman–Crippen MR) is 486 cm³/mol. The Morgan fingerprint density at radius 2 is 0.678 bits per heavy atom. The van der Waals surface area contributed by atoms with Crippen LogP contribution in [-0.4, -0.2) is 29.9 Å². The predicted octanol–water partition coefficient (Wildman–Crippen LogP) is 28.9. The van der Waals surface area contributed by atoms with Crippen molar-refractivity contribution in [3.63, 3.8) is 0 Å². The number of aryl methyl sites for hydroxylation is 8. The molecule has 1 aliphatic carbocycles. The second-order valence-electron chi connectivity index (χ2n) is 29.4. The Morgan fingerprint density at radius 3 is 1.25 bits per heavy atom. The first-order valence-corrected chi connectivity index (χ1v) is 39.9. The molecule has 7 nitrogen and oxygen atoms in total. The molecule has 0 aliphatic heterocycles. The number of benzene rings is 13. The SMILES string of the molecule is Cc1cc(-c2ccccc2)nc(-c2ccccc2)c1.Cc1cccc(-c2cccc(-c3ccccc3)n2)c1.Cc1cccc(-c2cccc(C)n2)c1.Cc1cccc2c1C(C)(C)c1ccccc1-2.Cc1cccc2c1oc1ccccc12.Cc1cccc2c1sc1ccccc12.Cc1nc(-c2ccccc2)nc(-c2ccccc2)n1. The molecule has 13 aromatic carbocycles. The van der Waals surface area contributed by atoms with Crippen LogP contribution in [0.15, 0.2) is 381 Å². The monoisotopic (exact) mass is 1510 g/mol. The molecule has 0 N–H and O–H groups in total. The lowest BCUT2D eigenvalue weighted by molar-refractivity contribution is 0.655. The van der Waals surface area contributed by atoms with Crippen molar-refractivity contribution < 1.29 is 4.42 Å². The summed E-state index contributed by atoms with van der Waals surface area (Å²) >= 11 is 1.89. The number of hydrogen-bond donors (Lipinski definition) is 0. The van der Waals surface area contributed by atoms with Gasteiger partial charge in [0.15, 0.2) is 11.6 Å². The molecule has 6 aromatic heterocycles. The highest BCUT2D eigenvalue weighted by Gasteiger charge is 2.36. The molecule has 19 aromatic rings. The highest BCUT2D eigenvalue weighted by atomic mass is 32.1. The molecular weight excluding hydrogens is 1420 g/mol. The fourth-order valence-corrected chi connectivity index (χ4v) is 15.8. The number of nitrogens with zero attached hydrogens (tertiary/aromatic N) is 6. The zero-order chi connectivity index (χ0) is 79.6. The number of rotatable bonds is 7. The highest BCUT2D eigenvalue weighted by Crippen LogP contribution is 2.50. The summed E-state index contributed by atoms with van der Waals surface area (Å²) in [6.45, 7) is 21.3. The molecule has 20 rings (SSSR count). The number of furan rings is 1. The number of thiophene rings is 1. The van der Waals surface area contributed by atoms with Gasteiger partial charge in [-0.05, 0) is 161 Å². The Hall–Kier alpha value is -13.7. The molecular formula is C107H92N6OS. The van der Waals surface area contributed by atoms with E-state index >= 15 is 0 Å². The van der Waals surface area contributed by atoms with Gasteiger partial charge in [-0.1, -0.05) is 340 Å². The maximum atomic E-state index is 5.78. The zero-order valence-corrected chi connectivity index (χ0v) is 67.6. The summed E-state index contributed by atoms with van der Waals surface area (Å²) in [7, 11) is 0. The lowest BCUT2D eigenvalue weighted by atomic mass is 9.80. The van der Waals surface area contributed by atoms with Gasteiger partial charge in [0.2, 0.25) is 0 Å². The first kappa shape index (κ1) is 78.0. The fraction of sp³-hybridized carbons (Fsp3) is 0.103. The van der Waals surface area contributed by atoms with E-state index in [9.17, 15) is 0 Å². The van der Waals surface area contributed by atoms with Gasteiger partial charge in [-0.2, -0.15) is 0 Å². The van der Waals surface area contributed by atoms with Crippen LogP contribution >= 0.6 is 11.3 Å². The summed E-state index contributed by atoms with van der Waals surface area (Å²) in [6, 6.07) is 129. The minimum absolute atomic E-state index is 0.150. The van der Waals surface area contributed by atoms with Crippen LogP contribution < -0.4 is 0 Å². The first-order chi connectivity index (χ1) is 56.1. The Morgan fingerprint density at radius 1 is 0.270 bits per heavy atom. The third-order valence-electron chi connectivity index (χ3n) is 20.2.